The van der Waals surface area contributed by atoms with E-state index in [1.54, 1.807) is 11.8 Å². The van der Waals surface area contributed by atoms with Crippen molar-refractivity contribution in [2.45, 2.75) is 56.5 Å². The van der Waals surface area contributed by atoms with Gasteiger partial charge in [0.1, 0.15) is 5.76 Å². The molecule has 1 aromatic rings. The first kappa shape index (κ1) is 12.0. The number of hydrogen-bond donors (Lipinski definition) is 1. The summed E-state index contributed by atoms with van der Waals surface area (Å²) in [5, 5.41) is 1.24. The van der Waals surface area contributed by atoms with Crippen molar-refractivity contribution in [3.05, 3.63) is 11.5 Å². The van der Waals surface area contributed by atoms with Crippen molar-refractivity contribution < 1.29 is 4.42 Å². The fourth-order valence-corrected chi connectivity index (χ4v) is 3.47. The van der Waals surface area contributed by atoms with Crippen LogP contribution in [0.4, 0.5) is 0 Å². The molecule has 1 heterocycles. The van der Waals surface area contributed by atoms with E-state index in [1.807, 2.05) is 13.8 Å². The average Bonchev–Trinajstić information content (AvgIpc) is 2.52. The Bertz CT molecular complexity index is 344. The highest BCUT2D eigenvalue weighted by Gasteiger charge is 2.28. The molecule has 2 N–H and O–H groups in total. The van der Waals surface area contributed by atoms with Gasteiger partial charge in [0, 0.05) is 11.3 Å². The van der Waals surface area contributed by atoms with Gasteiger partial charge in [-0.05, 0) is 39.0 Å². The van der Waals surface area contributed by atoms with Crippen LogP contribution < -0.4 is 5.73 Å². The molecule has 0 amide bonds. The standard InChI is InChI=1S/C12H20N2OS/c1-7-4-5-10(13)11(6-7)16-12-14-8(2)9(3)15-12/h7,10-11H,4-6,13H2,1-3H3. The van der Waals surface area contributed by atoms with E-state index in [0.717, 1.165) is 29.0 Å². The number of nitrogens with zero attached hydrogens (tertiary/aromatic N) is 1. The van der Waals surface area contributed by atoms with Gasteiger partial charge in [-0.3, -0.25) is 0 Å². The molecule has 0 bridgehead atoms. The molecular weight excluding hydrogens is 220 g/mol. The summed E-state index contributed by atoms with van der Waals surface area (Å²) in [6.07, 6.45) is 3.55. The fourth-order valence-electron chi connectivity index (χ4n) is 2.11. The molecule has 16 heavy (non-hydrogen) atoms. The average molecular weight is 240 g/mol. The van der Waals surface area contributed by atoms with Gasteiger partial charge in [0.05, 0.1) is 5.69 Å². The smallest absolute Gasteiger partial charge is 0.256 e. The normalized spacial score (nSPS) is 30.6. The van der Waals surface area contributed by atoms with Gasteiger partial charge in [-0.25, -0.2) is 4.98 Å². The molecule has 1 fully saturated rings. The first-order chi connectivity index (χ1) is 7.56. The van der Waals surface area contributed by atoms with Crippen molar-refractivity contribution in [1.29, 1.82) is 0 Å². The largest absolute Gasteiger partial charge is 0.437 e. The molecular formula is C12H20N2OS. The molecule has 0 aromatic carbocycles. The maximum atomic E-state index is 6.14. The third-order valence-electron chi connectivity index (χ3n) is 3.37. The summed E-state index contributed by atoms with van der Waals surface area (Å²) in [4.78, 5) is 4.40. The quantitative estimate of drug-likeness (QED) is 0.863. The van der Waals surface area contributed by atoms with Crippen molar-refractivity contribution in [2.75, 3.05) is 0 Å². The van der Waals surface area contributed by atoms with Crippen LogP contribution in [-0.4, -0.2) is 16.3 Å². The summed E-state index contributed by atoms with van der Waals surface area (Å²) >= 11 is 1.71. The van der Waals surface area contributed by atoms with Crippen molar-refractivity contribution in [3.63, 3.8) is 0 Å². The highest BCUT2D eigenvalue weighted by molar-refractivity contribution is 7.99. The van der Waals surface area contributed by atoms with Crippen LogP contribution in [0.3, 0.4) is 0 Å². The van der Waals surface area contributed by atoms with Crippen LogP contribution >= 0.6 is 11.8 Å². The SMILES string of the molecule is Cc1nc(SC2CC(C)CCC2N)oc1C. The molecule has 4 heteroatoms. The van der Waals surface area contributed by atoms with Gasteiger partial charge in [-0.2, -0.15) is 0 Å². The van der Waals surface area contributed by atoms with E-state index in [2.05, 4.69) is 11.9 Å². The first-order valence-electron chi connectivity index (χ1n) is 5.92. The number of aryl methyl sites for hydroxylation is 2. The second-order valence-corrected chi connectivity index (χ2v) is 6.05. The Hall–Kier alpha value is -0.480. The Kier molecular flexibility index (Phi) is 3.60. The zero-order chi connectivity index (χ0) is 11.7. The maximum absolute atomic E-state index is 6.14. The summed E-state index contributed by atoms with van der Waals surface area (Å²) < 4.78 is 5.60. The number of thioether (sulfide) groups is 1. The van der Waals surface area contributed by atoms with Gasteiger partial charge in [0.15, 0.2) is 0 Å². The van der Waals surface area contributed by atoms with E-state index < -0.39 is 0 Å². The van der Waals surface area contributed by atoms with E-state index >= 15 is 0 Å². The molecule has 1 aliphatic carbocycles. The number of rotatable bonds is 2. The minimum Gasteiger partial charge on any atom is -0.437 e. The summed E-state index contributed by atoms with van der Waals surface area (Å²) in [6.45, 7) is 6.23. The Balaban J connectivity index is 2.02. The van der Waals surface area contributed by atoms with E-state index in [-0.39, 0.29) is 6.04 Å². The fraction of sp³-hybridized carbons (Fsp3) is 0.750. The number of aromatic nitrogens is 1. The predicted octanol–water partition coefficient (Wildman–Crippen LogP) is 2.90. The van der Waals surface area contributed by atoms with Crippen molar-refractivity contribution in [3.8, 4) is 0 Å². The van der Waals surface area contributed by atoms with Crippen LogP contribution in [0.15, 0.2) is 9.64 Å². The molecule has 1 aromatic heterocycles. The summed E-state index contributed by atoms with van der Waals surface area (Å²) in [7, 11) is 0. The van der Waals surface area contributed by atoms with Crippen LogP contribution in [0.25, 0.3) is 0 Å². The molecule has 0 spiro atoms. The summed E-state index contributed by atoms with van der Waals surface area (Å²) in [6, 6.07) is 0.286. The number of hydrogen-bond acceptors (Lipinski definition) is 4. The van der Waals surface area contributed by atoms with Gasteiger partial charge < -0.3 is 10.2 Å². The molecule has 3 nitrogen and oxygen atoms in total. The minimum absolute atomic E-state index is 0.286. The van der Waals surface area contributed by atoms with Crippen LogP contribution in [0, 0.1) is 19.8 Å². The summed E-state index contributed by atoms with van der Waals surface area (Å²) in [5.74, 6) is 1.69. The van der Waals surface area contributed by atoms with Gasteiger partial charge in [0.2, 0.25) is 0 Å². The van der Waals surface area contributed by atoms with E-state index in [1.165, 1.54) is 12.8 Å². The van der Waals surface area contributed by atoms with Crippen LogP contribution in [0.5, 0.6) is 0 Å². The highest BCUT2D eigenvalue weighted by Crippen LogP contribution is 2.35. The molecule has 0 saturated heterocycles. The lowest BCUT2D eigenvalue weighted by molar-refractivity contribution is 0.353. The molecule has 1 aliphatic rings. The summed E-state index contributed by atoms with van der Waals surface area (Å²) in [5.41, 5.74) is 7.13. The maximum Gasteiger partial charge on any atom is 0.256 e. The molecule has 3 unspecified atom stereocenters. The van der Waals surface area contributed by atoms with Crippen LogP contribution in [-0.2, 0) is 0 Å². The van der Waals surface area contributed by atoms with Gasteiger partial charge in [0.25, 0.3) is 5.22 Å². The van der Waals surface area contributed by atoms with Crippen molar-refractivity contribution in [2.24, 2.45) is 11.7 Å². The second kappa shape index (κ2) is 4.80. The van der Waals surface area contributed by atoms with Crippen molar-refractivity contribution >= 4 is 11.8 Å². The lowest BCUT2D eigenvalue weighted by Crippen LogP contribution is -2.37. The number of nitrogens with two attached hydrogens (primary N) is 1. The second-order valence-electron chi connectivity index (χ2n) is 4.86. The van der Waals surface area contributed by atoms with E-state index in [9.17, 15) is 0 Å². The Morgan fingerprint density at radius 2 is 2.12 bits per heavy atom. The topological polar surface area (TPSA) is 52.0 Å². The van der Waals surface area contributed by atoms with Gasteiger partial charge in [-0.15, -0.1) is 0 Å². The third-order valence-corrected chi connectivity index (χ3v) is 4.59. The van der Waals surface area contributed by atoms with Gasteiger partial charge in [-0.1, -0.05) is 18.7 Å². The van der Waals surface area contributed by atoms with Gasteiger partial charge >= 0.3 is 0 Å². The van der Waals surface area contributed by atoms with Crippen LogP contribution in [0.2, 0.25) is 0 Å². The molecule has 1 saturated carbocycles. The van der Waals surface area contributed by atoms with Crippen LogP contribution in [0.1, 0.15) is 37.6 Å². The minimum atomic E-state index is 0.286. The zero-order valence-corrected chi connectivity index (χ0v) is 11.0. The van der Waals surface area contributed by atoms with Crippen molar-refractivity contribution in [1.82, 2.24) is 4.98 Å². The lowest BCUT2D eigenvalue weighted by Gasteiger charge is -2.30. The number of oxazole rings is 1. The lowest BCUT2D eigenvalue weighted by atomic mass is 9.87. The zero-order valence-electron chi connectivity index (χ0n) is 10.2. The third kappa shape index (κ3) is 2.61. The monoisotopic (exact) mass is 240 g/mol. The molecule has 3 atom stereocenters. The first-order valence-corrected chi connectivity index (χ1v) is 6.80. The highest BCUT2D eigenvalue weighted by atomic mass is 32.2. The molecule has 0 aliphatic heterocycles. The Labute approximate surface area is 101 Å². The molecule has 0 radical (unpaired) electrons. The Morgan fingerprint density at radius 1 is 1.38 bits per heavy atom. The molecule has 90 valence electrons. The Morgan fingerprint density at radius 3 is 2.75 bits per heavy atom. The molecule has 2 rings (SSSR count). The predicted molar refractivity (Wildman–Crippen MR) is 66.6 cm³/mol. The van der Waals surface area contributed by atoms with E-state index in [0.29, 0.717) is 5.25 Å². The van der Waals surface area contributed by atoms with E-state index in [4.69, 9.17) is 10.2 Å².